The molecule has 2 amide bonds. The number of nitrogens with zero attached hydrogens (tertiary/aromatic N) is 4. The minimum atomic E-state index is -0.678. The van der Waals surface area contributed by atoms with Crippen LogP contribution in [0.4, 0.5) is 0 Å². The molecule has 1 N–H and O–H groups in total. The Balaban J connectivity index is 1.41. The summed E-state index contributed by atoms with van der Waals surface area (Å²) in [5.74, 6) is 1.55. The molecule has 0 radical (unpaired) electrons. The van der Waals surface area contributed by atoms with E-state index in [0.29, 0.717) is 36.1 Å². The highest BCUT2D eigenvalue weighted by Crippen LogP contribution is 2.30. The van der Waals surface area contributed by atoms with Gasteiger partial charge in [0.1, 0.15) is 11.8 Å². The van der Waals surface area contributed by atoms with Gasteiger partial charge in [-0.15, -0.1) is 11.3 Å². The van der Waals surface area contributed by atoms with E-state index in [4.69, 9.17) is 4.74 Å². The zero-order valence-electron chi connectivity index (χ0n) is 31.7. The Morgan fingerprint density at radius 2 is 1.67 bits per heavy atom. The van der Waals surface area contributed by atoms with Crippen molar-refractivity contribution >= 4 is 41.3 Å². The number of amidine groups is 1. The minimum Gasteiger partial charge on any atom is -0.494 e. The molecular weight excluding hydrogens is 655 g/mol. The van der Waals surface area contributed by atoms with Gasteiger partial charge in [-0.05, 0) is 80.5 Å². The third-order valence-corrected chi connectivity index (χ3v) is 10.6. The van der Waals surface area contributed by atoms with Crippen LogP contribution in [0.15, 0.2) is 76.8 Å². The fraction of sp³-hybridized carbons (Fsp3) is 0.476. The average molecular weight is 712 g/mol. The average Bonchev–Trinajstić information content (AvgIpc) is 3.60. The summed E-state index contributed by atoms with van der Waals surface area (Å²) in [6, 6.07) is 19.1. The Labute approximate surface area is 309 Å². The number of allylic oxidation sites excluding steroid dienone is 1. The van der Waals surface area contributed by atoms with Crippen molar-refractivity contribution in [3.63, 3.8) is 0 Å². The van der Waals surface area contributed by atoms with Crippen LogP contribution < -0.4 is 10.1 Å². The molecule has 9 heteroatoms. The molecule has 0 unspecified atom stereocenters. The third-order valence-electron chi connectivity index (χ3n) is 9.07. The lowest BCUT2D eigenvalue weighted by Gasteiger charge is -2.42. The Morgan fingerprint density at radius 3 is 2.27 bits per heavy atom. The molecule has 0 spiro atoms. The van der Waals surface area contributed by atoms with Crippen molar-refractivity contribution in [2.75, 3.05) is 40.3 Å². The lowest BCUT2D eigenvalue weighted by molar-refractivity contribution is -0.139. The number of ether oxygens (including phenoxy) is 1. The zero-order valence-corrected chi connectivity index (χ0v) is 32.5. The monoisotopic (exact) mass is 711 g/mol. The van der Waals surface area contributed by atoms with E-state index in [-0.39, 0.29) is 17.2 Å². The number of hydrogen-bond acceptors (Lipinski definition) is 6. The Morgan fingerprint density at radius 1 is 1.00 bits per heavy atom. The summed E-state index contributed by atoms with van der Waals surface area (Å²) in [5.41, 5.74) is 3.75. The largest absolute Gasteiger partial charge is 0.494 e. The summed E-state index contributed by atoms with van der Waals surface area (Å²) in [4.78, 5) is 41.7. The fourth-order valence-electron chi connectivity index (χ4n) is 6.07. The second-order valence-electron chi connectivity index (χ2n) is 14.9. The van der Waals surface area contributed by atoms with Gasteiger partial charge in [-0.3, -0.25) is 9.59 Å². The predicted octanol–water partition coefficient (Wildman–Crippen LogP) is 8.26. The molecule has 51 heavy (non-hydrogen) atoms. The number of hydrogen-bond donors (Lipinski definition) is 1. The van der Waals surface area contributed by atoms with Crippen LogP contribution in [0.3, 0.4) is 0 Å². The molecule has 1 saturated heterocycles. The van der Waals surface area contributed by atoms with Gasteiger partial charge in [0, 0.05) is 48.6 Å². The first kappa shape index (κ1) is 39.7. The van der Waals surface area contributed by atoms with Crippen LogP contribution in [0.2, 0.25) is 0 Å². The molecular formula is C42H57N5O3S. The van der Waals surface area contributed by atoms with Crippen LogP contribution >= 0.6 is 11.3 Å². The van der Waals surface area contributed by atoms with E-state index < -0.39 is 6.04 Å². The molecule has 274 valence electrons. The van der Waals surface area contributed by atoms with Gasteiger partial charge in [-0.1, -0.05) is 89.8 Å². The van der Waals surface area contributed by atoms with Gasteiger partial charge in [-0.2, -0.15) is 0 Å². The van der Waals surface area contributed by atoms with E-state index in [2.05, 4.69) is 54.6 Å². The first-order valence-corrected chi connectivity index (χ1v) is 19.1. The number of rotatable bonds is 17. The Hall–Kier alpha value is -4.08. The van der Waals surface area contributed by atoms with Crippen molar-refractivity contribution in [3.8, 4) is 5.75 Å². The van der Waals surface area contributed by atoms with Gasteiger partial charge in [0.25, 0.3) is 5.91 Å². The van der Waals surface area contributed by atoms with Gasteiger partial charge in [0.05, 0.1) is 11.5 Å². The van der Waals surface area contributed by atoms with Crippen molar-refractivity contribution < 1.29 is 14.3 Å². The Bertz CT molecular complexity index is 1640. The summed E-state index contributed by atoms with van der Waals surface area (Å²) in [5, 5.41) is 3.07. The third kappa shape index (κ3) is 12.0. The van der Waals surface area contributed by atoms with Crippen molar-refractivity contribution in [3.05, 3.63) is 93.3 Å². The van der Waals surface area contributed by atoms with Crippen LogP contribution in [-0.4, -0.2) is 80.5 Å². The van der Waals surface area contributed by atoms with E-state index in [9.17, 15) is 9.59 Å². The first-order chi connectivity index (χ1) is 24.4. The number of aliphatic imine (C=N–C) groups is 2. The molecule has 3 aromatic rings. The number of amides is 2. The molecule has 1 fully saturated rings. The van der Waals surface area contributed by atoms with Crippen molar-refractivity contribution in [2.45, 2.75) is 84.6 Å². The highest BCUT2D eigenvalue weighted by molar-refractivity contribution is 7.14. The van der Waals surface area contributed by atoms with Gasteiger partial charge < -0.3 is 19.9 Å². The second kappa shape index (κ2) is 19.0. The van der Waals surface area contributed by atoms with Crippen LogP contribution in [0.25, 0.3) is 5.57 Å². The van der Waals surface area contributed by atoms with E-state index in [1.54, 1.807) is 6.20 Å². The maximum atomic E-state index is 13.7. The molecule has 2 heterocycles. The van der Waals surface area contributed by atoms with Crippen molar-refractivity contribution in [1.29, 1.82) is 0 Å². The number of unbranched alkanes of at least 4 members (excludes halogenated alkanes) is 4. The lowest BCUT2D eigenvalue weighted by atomic mass is 9.95. The zero-order chi connectivity index (χ0) is 37.0. The van der Waals surface area contributed by atoms with E-state index in [0.717, 1.165) is 52.5 Å². The maximum Gasteiger partial charge on any atom is 0.262 e. The maximum absolute atomic E-state index is 13.7. The summed E-state index contributed by atoms with van der Waals surface area (Å²) >= 11 is 1.48. The molecule has 1 aliphatic rings. The van der Waals surface area contributed by atoms with Crippen LogP contribution in [-0.2, 0) is 16.6 Å². The molecule has 1 atom stereocenters. The van der Waals surface area contributed by atoms with Gasteiger partial charge in [0.2, 0.25) is 5.91 Å². The second-order valence-corrected chi connectivity index (χ2v) is 16.0. The number of nitrogens with one attached hydrogen (secondary N) is 1. The fourth-order valence-corrected chi connectivity index (χ4v) is 7.04. The number of likely N-dealkylation sites (tertiary alicyclic amines) is 1. The topological polar surface area (TPSA) is 86.6 Å². The lowest BCUT2D eigenvalue weighted by Crippen LogP contribution is -2.59. The molecule has 0 saturated carbocycles. The highest BCUT2D eigenvalue weighted by atomic mass is 32.1. The van der Waals surface area contributed by atoms with E-state index in [1.165, 1.54) is 37.0 Å². The predicted molar refractivity (Wildman–Crippen MR) is 213 cm³/mol. The van der Waals surface area contributed by atoms with Gasteiger partial charge in [-0.25, -0.2) is 9.98 Å². The SMILES string of the molecule is C=NC(=N/C=C(\C)c1ccc(OCCCCCCC)cc1)c1ccc(C[C@H](NC(=O)c2ccc(C(C)(C)C)s2)C(=O)N2CC(CN(C)C)C2)cc1. The number of thiophene rings is 1. The first-order valence-electron chi connectivity index (χ1n) is 18.3. The van der Waals surface area contributed by atoms with Gasteiger partial charge in [0.15, 0.2) is 5.84 Å². The van der Waals surface area contributed by atoms with E-state index >= 15 is 0 Å². The number of carbonyl (C=O) groups excluding carboxylic acids is 2. The van der Waals surface area contributed by atoms with Gasteiger partial charge >= 0.3 is 0 Å². The molecule has 8 nitrogen and oxygen atoms in total. The summed E-state index contributed by atoms with van der Waals surface area (Å²) in [6.07, 6.45) is 8.26. The molecule has 0 bridgehead atoms. The van der Waals surface area contributed by atoms with Crippen LogP contribution in [0, 0.1) is 5.92 Å². The summed E-state index contributed by atoms with van der Waals surface area (Å²) < 4.78 is 5.92. The quantitative estimate of drug-likeness (QED) is 0.0868. The number of benzene rings is 2. The number of carbonyl (C=O) groups is 2. The molecule has 2 aromatic carbocycles. The molecule has 1 aromatic heterocycles. The summed E-state index contributed by atoms with van der Waals surface area (Å²) in [6.45, 7) is 17.5. The standard InChI is InChI=1S/C42H57N5O3S/c1-9-10-11-12-13-24-50-35-20-18-33(19-21-35)30(2)26-44-39(43-6)34-16-14-31(15-17-34)25-36(41(49)47-28-32(29-47)27-46(7)8)45-40(48)37-22-23-38(51-37)42(3,4)5/h14-23,26,32,36H,6,9-13,24-25,27-29H2,1-5,7-8H3,(H,45,48)/b30-26+,44-39?/t36-/m0/s1. The van der Waals surface area contributed by atoms with E-state index in [1.807, 2.05) is 86.6 Å². The smallest absolute Gasteiger partial charge is 0.262 e. The van der Waals surface area contributed by atoms with Crippen LogP contribution in [0.1, 0.15) is 98.0 Å². The molecule has 1 aliphatic heterocycles. The molecule has 4 rings (SSSR count). The van der Waals surface area contributed by atoms with Crippen LogP contribution in [0.5, 0.6) is 5.75 Å². The van der Waals surface area contributed by atoms with Crippen molar-refractivity contribution in [1.82, 2.24) is 15.1 Å². The van der Waals surface area contributed by atoms with Crippen molar-refractivity contribution in [2.24, 2.45) is 15.9 Å². The Kier molecular flexibility index (Phi) is 14.8. The highest BCUT2D eigenvalue weighted by Gasteiger charge is 2.35. The summed E-state index contributed by atoms with van der Waals surface area (Å²) in [7, 11) is 4.09. The minimum absolute atomic E-state index is 0.0485. The molecule has 0 aliphatic carbocycles. The normalized spacial score (nSPS) is 14.7.